The Morgan fingerprint density at radius 1 is 1.52 bits per heavy atom. The Bertz CT molecular complexity index is 654. The number of rotatable bonds is 7. The number of amides is 2. The average molecular weight is 315 g/mol. The summed E-state index contributed by atoms with van der Waals surface area (Å²) in [5.74, 6) is 0.588. The first-order valence-corrected chi connectivity index (χ1v) is 7.36. The number of carbonyl (C=O) groups is 1. The van der Waals surface area contributed by atoms with Gasteiger partial charge in [-0.05, 0) is 19.1 Å². The van der Waals surface area contributed by atoms with Crippen molar-refractivity contribution < 1.29 is 9.90 Å². The topological polar surface area (TPSA) is 83.3 Å². The molecule has 0 atom stereocenters. The van der Waals surface area contributed by atoms with Crippen LogP contribution in [0.1, 0.15) is 11.4 Å². The maximum absolute atomic E-state index is 12.3. The predicted molar refractivity (Wildman–Crippen MR) is 88.2 cm³/mol. The Balaban J connectivity index is 2.13. The molecule has 122 valence electrons. The van der Waals surface area contributed by atoms with Gasteiger partial charge < -0.3 is 10.0 Å². The molecule has 0 saturated heterocycles. The summed E-state index contributed by atoms with van der Waals surface area (Å²) >= 11 is 0. The van der Waals surface area contributed by atoms with Crippen molar-refractivity contribution in [3.63, 3.8) is 0 Å². The van der Waals surface area contributed by atoms with Crippen LogP contribution < -0.4 is 5.32 Å². The number of carbonyl (C=O) groups excluding carboxylic acids is 1. The Morgan fingerprint density at radius 2 is 2.35 bits per heavy atom. The second kappa shape index (κ2) is 8.09. The van der Waals surface area contributed by atoms with Gasteiger partial charge in [-0.15, -0.1) is 6.58 Å². The lowest BCUT2D eigenvalue weighted by Gasteiger charge is -2.20. The van der Waals surface area contributed by atoms with Crippen LogP contribution in [0.3, 0.4) is 0 Å². The molecule has 2 aromatic heterocycles. The highest BCUT2D eigenvalue weighted by Gasteiger charge is 2.15. The summed E-state index contributed by atoms with van der Waals surface area (Å²) in [4.78, 5) is 18.0. The zero-order valence-electron chi connectivity index (χ0n) is 13.1. The zero-order chi connectivity index (χ0) is 16.7. The lowest BCUT2D eigenvalue weighted by atomic mass is 10.3. The van der Waals surface area contributed by atoms with Crippen molar-refractivity contribution in [2.24, 2.45) is 0 Å². The standard InChI is InChI=1S/C16H21N5O2/c1-3-8-20(9-10-22)16(23)18-15-11-13(2)19-21(15)12-14-6-4-5-7-17-14/h3-7,11,22H,1,8-10,12H2,2H3,(H,18,23). The number of hydrogen-bond donors (Lipinski definition) is 2. The molecule has 0 aromatic carbocycles. The molecule has 2 rings (SSSR count). The maximum Gasteiger partial charge on any atom is 0.323 e. The third kappa shape index (κ3) is 4.65. The van der Waals surface area contributed by atoms with Crippen LogP contribution in [-0.4, -0.2) is 50.5 Å². The lowest BCUT2D eigenvalue weighted by molar-refractivity contribution is 0.195. The van der Waals surface area contributed by atoms with Gasteiger partial charge in [0.25, 0.3) is 0 Å². The molecule has 0 bridgehead atoms. The van der Waals surface area contributed by atoms with Crippen molar-refractivity contribution in [2.45, 2.75) is 13.5 Å². The largest absolute Gasteiger partial charge is 0.395 e. The van der Waals surface area contributed by atoms with E-state index in [2.05, 4.69) is 22.0 Å². The van der Waals surface area contributed by atoms with Crippen LogP contribution in [0.5, 0.6) is 0 Å². The minimum absolute atomic E-state index is 0.104. The van der Waals surface area contributed by atoms with Crippen molar-refractivity contribution >= 4 is 11.8 Å². The molecule has 7 nitrogen and oxygen atoms in total. The molecule has 0 aliphatic rings. The molecule has 2 N–H and O–H groups in total. The van der Waals surface area contributed by atoms with Crippen LogP contribution in [0.15, 0.2) is 43.1 Å². The Labute approximate surface area is 135 Å². The minimum Gasteiger partial charge on any atom is -0.395 e. The summed E-state index contributed by atoms with van der Waals surface area (Å²) in [7, 11) is 0. The molecule has 0 radical (unpaired) electrons. The van der Waals surface area contributed by atoms with Crippen molar-refractivity contribution in [1.29, 1.82) is 0 Å². The van der Waals surface area contributed by atoms with Gasteiger partial charge in [0.05, 0.1) is 24.5 Å². The highest BCUT2D eigenvalue weighted by atomic mass is 16.3. The number of pyridine rings is 1. The van der Waals surface area contributed by atoms with E-state index in [1.165, 1.54) is 4.90 Å². The summed E-state index contributed by atoms with van der Waals surface area (Å²) in [5.41, 5.74) is 1.65. The third-order valence-electron chi connectivity index (χ3n) is 3.18. The van der Waals surface area contributed by atoms with Gasteiger partial charge in [-0.3, -0.25) is 10.3 Å². The quantitative estimate of drug-likeness (QED) is 0.761. The second-order valence-corrected chi connectivity index (χ2v) is 5.04. The van der Waals surface area contributed by atoms with E-state index in [4.69, 9.17) is 5.11 Å². The number of anilines is 1. The number of nitrogens with one attached hydrogen (secondary N) is 1. The van der Waals surface area contributed by atoms with E-state index < -0.39 is 0 Å². The monoisotopic (exact) mass is 315 g/mol. The molecule has 0 aliphatic carbocycles. The SMILES string of the molecule is C=CCN(CCO)C(=O)Nc1cc(C)nn1Cc1ccccn1. The summed E-state index contributed by atoms with van der Waals surface area (Å²) in [6.45, 7) is 6.44. The number of urea groups is 1. The molecular weight excluding hydrogens is 294 g/mol. The van der Waals surface area contributed by atoms with Crippen molar-refractivity contribution in [1.82, 2.24) is 19.7 Å². The maximum atomic E-state index is 12.3. The number of aliphatic hydroxyl groups is 1. The first kappa shape index (κ1) is 16.7. The van der Waals surface area contributed by atoms with Crippen LogP contribution in [0.4, 0.5) is 10.6 Å². The minimum atomic E-state index is -0.305. The van der Waals surface area contributed by atoms with Crippen LogP contribution >= 0.6 is 0 Å². The van der Waals surface area contributed by atoms with E-state index in [-0.39, 0.29) is 19.2 Å². The van der Waals surface area contributed by atoms with Gasteiger partial charge in [-0.25, -0.2) is 9.48 Å². The van der Waals surface area contributed by atoms with E-state index in [0.29, 0.717) is 18.9 Å². The highest BCUT2D eigenvalue weighted by molar-refractivity contribution is 5.88. The smallest absolute Gasteiger partial charge is 0.323 e. The lowest BCUT2D eigenvalue weighted by Crippen LogP contribution is -2.37. The van der Waals surface area contributed by atoms with Gasteiger partial charge in [0.1, 0.15) is 5.82 Å². The van der Waals surface area contributed by atoms with Crippen LogP contribution in [0, 0.1) is 6.92 Å². The van der Waals surface area contributed by atoms with Gasteiger partial charge in [-0.2, -0.15) is 5.10 Å². The summed E-state index contributed by atoms with van der Waals surface area (Å²) < 4.78 is 1.70. The van der Waals surface area contributed by atoms with E-state index in [0.717, 1.165) is 11.4 Å². The number of aliphatic hydroxyl groups excluding tert-OH is 1. The number of aryl methyl sites for hydroxylation is 1. The molecule has 23 heavy (non-hydrogen) atoms. The van der Waals surface area contributed by atoms with Crippen molar-refractivity contribution in [2.75, 3.05) is 25.0 Å². The van der Waals surface area contributed by atoms with E-state index >= 15 is 0 Å². The predicted octanol–water partition coefficient (Wildman–Crippen LogP) is 1.65. The Morgan fingerprint density at radius 3 is 3.00 bits per heavy atom. The Kier molecular flexibility index (Phi) is 5.87. The van der Waals surface area contributed by atoms with Crippen LogP contribution in [0.2, 0.25) is 0 Å². The van der Waals surface area contributed by atoms with E-state index in [1.54, 1.807) is 23.0 Å². The van der Waals surface area contributed by atoms with Gasteiger partial charge in [-0.1, -0.05) is 12.1 Å². The molecule has 0 fully saturated rings. The molecule has 2 amide bonds. The van der Waals surface area contributed by atoms with Gasteiger partial charge in [0.2, 0.25) is 0 Å². The molecule has 2 aromatic rings. The number of nitrogens with zero attached hydrogens (tertiary/aromatic N) is 4. The summed E-state index contributed by atoms with van der Waals surface area (Å²) in [5, 5.41) is 16.3. The number of aromatic nitrogens is 3. The Hall–Kier alpha value is -2.67. The summed E-state index contributed by atoms with van der Waals surface area (Å²) in [6.07, 6.45) is 3.34. The molecule has 7 heteroatoms. The first-order chi connectivity index (χ1) is 11.1. The molecule has 0 saturated carbocycles. The van der Waals surface area contributed by atoms with Crippen molar-refractivity contribution in [3.05, 3.63) is 54.5 Å². The molecule has 0 spiro atoms. The third-order valence-corrected chi connectivity index (χ3v) is 3.18. The van der Waals surface area contributed by atoms with Crippen LogP contribution in [0.25, 0.3) is 0 Å². The highest BCUT2D eigenvalue weighted by Crippen LogP contribution is 2.13. The second-order valence-electron chi connectivity index (χ2n) is 5.04. The normalized spacial score (nSPS) is 10.3. The molecule has 0 aliphatic heterocycles. The van der Waals surface area contributed by atoms with Gasteiger partial charge in [0.15, 0.2) is 0 Å². The fourth-order valence-corrected chi connectivity index (χ4v) is 2.15. The van der Waals surface area contributed by atoms with Crippen LogP contribution in [-0.2, 0) is 6.54 Å². The number of hydrogen-bond acceptors (Lipinski definition) is 4. The average Bonchev–Trinajstić information content (AvgIpc) is 2.87. The van der Waals surface area contributed by atoms with Gasteiger partial charge in [0, 0.05) is 25.4 Å². The van der Waals surface area contributed by atoms with Gasteiger partial charge >= 0.3 is 6.03 Å². The zero-order valence-corrected chi connectivity index (χ0v) is 13.1. The first-order valence-electron chi connectivity index (χ1n) is 7.36. The fourth-order valence-electron chi connectivity index (χ4n) is 2.15. The summed E-state index contributed by atoms with van der Waals surface area (Å²) in [6, 6.07) is 7.15. The molecule has 2 heterocycles. The van der Waals surface area contributed by atoms with E-state index in [1.807, 2.05) is 25.1 Å². The molecular formula is C16H21N5O2. The van der Waals surface area contributed by atoms with E-state index in [9.17, 15) is 4.79 Å². The molecule has 0 unspecified atom stereocenters. The fraction of sp³-hybridized carbons (Fsp3) is 0.312. The van der Waals surface area contributed by atoms with Crippen molar-refractivity contribution in [3.8, 4) is 0 Å².